The molecule has 156 valence electrons. The highest BCUT2D eigenvalue weighted by molar-refractivity contribution is 6.04. The maximum atomic E-state index is 5.77. The van der Waals surface area contributed by atoms with Gasteiger partial charge in [0, 0.05) is 22.6 Å². The van der Waals surface area contributed by atoms with Crippen molar-refractivity contribution in [3.05, 3.63) is 71.4 Å². The molecule has 1 unspecified atom stereocenters. The van der Waals surface area contributed by atoms with E-state index in [9.17, 15) is 0 Å². The average molecular weight is 398 g/mol. The zero-order valence-corrected chi connectivity index (χ0v) is 19.2. The second-order valence-electron chi connectivity index (χ2n) is 9.32. The molecule has 0 fully saturated rings. The molecule has 0 amide bonds. The molecule has 0 saturated carbocycles. The zero-order chi connectivity index (χ0) is 21.9. The fourth-order valence-corrected chi connectivity index (χ4v) is 4.07. The SMILES string of the molecule is [B]NC(Cc1cccc(-c2ccc3[nH]c(C)c(CC(C)(C)CC)c3c2)c1)C(=C)CC. The van der Waals surface area contributed by atoms with Crippen molar-refractivity contribution in [2.45, 2.75) is 66.3 Å². The van der Waals surface area contributed by atoms with E-state index in [0.717, 1.165) is 24.8 Å². The van der Waals surface area contributed by atoms with Crippen molar-refractivity contribution in [3.8, 4) is 11.1 Å². The van der Waals surface area contributed by atoms with Crippen molar-refractivity contribution in [1.29, 1.82) is 0 Å². The third-order valence-corrected chi connectivity index (χ3v) is 6.58. The van der Waals surface area contributed by atoms with Crippen molar-refractivity contribution in [1.82, 2.24) is 10.2 Å². The predicted octanol–water partition coefficient (Wildman–Crippen LogP) is 6.67. The van der Waals surface area contributed by atoms with Crippen LogP contribution < -0.4 is 5.23 Å². The van der Waals surface area contributed by atoms with Gasteiger partial charge in [-0.05, 0) is 66.0 Å². The first-order valence-electron chi connectivity index (χ1n) is 11.1. The summed E-state index contributed by atoms with van der Waals surface area (Å²) in [5, 5.41) is 4.26. The van der Waals surface area contributed by atoms with Crippen molar-refractivity contribution < 1.29 is 0 Å². The number of aromatic amines is 1. The Bertz CT molecular complexity index is 1030. The molecular weight excluding hydrogens is 363 g/mol. The van der Waals surface area contributed by atoms with Gasteiger partial charge in [-0.3, -0.25) is 0 Å². The highest BCUT2D eigenvalue weighted by Gasteiger charge is 2.20. The van der Waals surface area contributed by atoms with E-state index in [1.165, 1.54) is 45.3 Å². The van der Waals surface area contributed by atoms with Gasteiger partial charge in [-0.2, -0.15) is 0 Å². The molecule has 3 aromatic rings. The van der Waals surface area contributed by atoms with Crippen LogP contribution in [0.3, 0.4) is 0 Å². The summed E-state index contributed by atoms with van der Waals surface area (Å²) < 4.78 is 0. The highest BCUT2D eigenvalue weighted by atomic mass is 14.8. The zero-order valence-electron chi connectivity index (χ0n) is 19.2. The standard InChI is InChI=1S/C27H35BN2/c1-7-18(3)26(30-28)15-20-10-9-11-21(14-20)22-12-13-25-23(16-22)24(19(4)29-25)17-27(5,6)8-2/h9-14,16,26,29-30H,3,7-8,15,17H2,1-2,4-6H3. The second kappa shape index (κ2) is 9.26. The van der Waals surface area contributed by atoms with Crippen LogP contribution in [0.1, 0.15) is 57.4 Å². The molecule has 0 aliphatic carbocycles. The van der Waals surface area contributed by atoms with Crippen LogP contribution in [0.4, 0.5) is 0 Å². The molecule has 2 radical (unpaired) electrons. The molecule has 0 aliphatic heterocycles. The molecule has 0 saturated heterocycles. The van der Waals surface area contributed by atoms with Crippen LogP contribution in [0.15, 0.2) is 54.6 Å². The fraction of sp³-hybridized carbons (Fsp3) is 0.407. The third kappa shape index (κ3) is 4.90. The summed E-state index contributed by atoms with van der Waals surface area (Å²) in [6, 6.07) is 15.7. The quantitative estimate of drug-likeness (QED) is 0.306. The van der Waals surface area contributed by atoms with Crippen LogP contribution in [0.25, 0.3) is 22.0 Å². The van der Waals surface area contributed by atoms with E-state index < -0.39 is 0 Å². The molecular formula is C27H35BN2. The Morgan fingerprint density at radius 1 is 1.13 bits per heavy atom. The molecule has 1 aromatic heterocycles. The first-order valence-corrected chi connectivity index (χ1v) is 11.1. The van der Waals surface area contributed by atoms with Gasteiger partial charge >= 0.3 is 0 Å². The van der Waals surface area contributed by atoms with Crippen LogP contribution in [0, 0.1) is 12.3 Å². The van der Waals surface area contributed by atoms with Gasteiger partial charge in [-0.15, -0.1) is 0 Å². The van der Waals surface area contributed by atoms with Crippen molar-refractivity contribution in [2.75, 3.05) is 0 Å². The van der Waals surface area contributed by atoms with Crippen LogP contribution in [-0.4, -0.2) is 19.0 Å². The topological polar surface area (TPSA) is 27.8 Å². The highest BCUT2D eigenvalue weighted by Crippen LogP contribution is 2.34. The van der Waals surface area contributed by atoms with Gasteiger partial charge in [0.25, 0.3) is 0 Å². The largest absolute Gasteiger partial charge is 0.360 e. The lowest BCUT2D eigenvalue weighted by molar-refractivity contribution is 0.349. The van der Waals surface area contributed by atoms with Gasteiger partial charge in [-0.1, -0.05) is 76.6 Å². The van der Waals surface area contributed by atoms with E-state index in [4.69, 9.17) is 7.98 Å². The third-order valence-electron chi connectivity index (χ3n) is 6.58. The van der Waals surface area contributed by atoms with E-state index in [-0.39, 0.29) is 6.04 Å². The number of fused-ring (bicyclic) bond motifs is 1. The monoisotopic (exact) mass is 398 g/mol. The Kier molecular flexibility index (Phi) is 6.93. The Morgan fingerprint density at radius 2 is 1.87 bits per heavy atom. The lowest BCUT2D eigenvalue weighted by atomic mass is 9.82. The Balaban J connectivity index is 1.96. The summed E-state index contributed by atoms with van der Waals surface area (Å²) in [6.07, 6.45) is 4.02. The predicted molar refractivity (Wildman–Crippen MR) is 132 cm³/mol. The molecule has 3 heteroatoms. The molecule has 3 rings (SSSR count). The lowest BCUT2D eigenvalue weighted by Gasteiger charge is -2.22. The van der Waals surface area contributed by atoms with Crippen LogP contribution in [0.2, 0.25) is 0 Å². The van der Waals surface area contributed by atoms with E-state index in [0.29, 0.717) is 5.41 Å². The van der Waals surface area contributed by atoms with Gasteiger partial charge in [-0.25, -0.2) is 0 Å². The van der Waals surface area contributed by atoms with E-state index in [2.05, 4.69) is 93.9 Å². The second-order valence-corrected chi connectivity index (χ2v) is 9.32. The smallest absolute Gasteiger partial charge is 0.178 e. The number of rotatable bonds is 9. The van der Waals surface area contributed by atoms with Gasteiger partial charge in [0.2, 0.25) is 0 Å². The summed E-state index contributed by atoms with van der Waals surface area (Å²) in [5.41, 5.74) is 9.15. The maximum Gasteiger partial charge on any atom is 0.178 e. The Labute approximate surface area is 183 Å². The van der Waals surface area contributed by atoms with Gasteiger partial charge in [0.15, 0.2) is 7.98 Å². The molecule has 0 spiro atoms. The fourth-order valence-electron chi connectivity index (χ4n) is 4.07. The number of benzene rings is 2. The maximum absolute atomic E-state index is 5.77. The first kappa shape index (κ1) is 22.4. The van der Waals surface area contributed by atoms with E-state index >= 15 is 0 Å². The van der Waals surface area contributed by atoms with Crippen LogP contribution in [0.5, 0.6) is 0 Å². The Hall–Kier alpha value is -2.26. The van der Waals surface area contributed by atoms with E-state index in [1.54, 1.807) is 0 Å². The molecule has 1 atom stereocenters. The first-order chi connectivity index (χ1) is 14.3. The van der Waals surface area contributed by atoms with E-state index in [1.807, 2.05) is 0 Å². The normalized spacial score (nSPS) is 13.0. The number of hydrogen-bond acceptors (Lipinski definition) is 1. The lowest BCUT2D eigenvalue weighted by Crippen LogP contribution is -2.30. The van der Waals surface area contributed by atoms with Gasteiger partial charge in [0.1, 0.15) is 0 Å². The summed E-state index contributed by atoms with van der Waals surface area (Å²) >= 11 is 0. The molecule has 2 N–H and O–H groups in total. The molecule has 30 heavy (non-hydrogen) atoms. The molecule has 2 aromatic carbocycles. The number of aryl methyl sites for hydroxylation is 1. The minimum Gasteiger partial charge on any atom is -0.360 e. The van der Waals surface area contributed by atoms with Crippen molar-refractivity contribution >= 4 is 18.9 Å². The molecule has 0 aliphatic rings. The summed E-state index contributed by atoms with van der Waals surface area (Å²) in [5.74, 6) is 0. The minimum atomic E-state index is 0.0999. The average Bonchev–Trinajstić information content (AvgIpc) is 3.05. The van der Waals surface area contributed by atoms with Crippen molar-refractivity contribution in [2.24, 2.45) is 5.41 Å². The summed E-state index contributed by atoms with van der Waals surface area (Å²) in [6.45, 7) is 15.5. The van der Waals surface area contributed by atoms with Gasteiger partial charge in [0.05, 0.1) is 0 Å². The minimum absolute atomic E-state index is 0.0999. The molecule has 2 nitrogen and oxygen atoms in total. The van der Waals surface area contributed by atoms with Crippen LogP contribution >= 0.6 is 0 Å². The number of H-pyrrole nitrogens is 1. The number of hydrogen-bond donors (Lipinski definition) is 2. The van der Waals surface area contributed by atoms with Gasteiger partial charge < -0.3 is 10.2 Å². The van der Waals surface area contributed by atoms with Crippen LogP contribution in [-0.2, 0) is 12.8 Å². The summed E-state index contributed by atoms with van der Waals surface area (Å²) in [4.78, 5) is 3.58. The summed E-state index contributed by atoms with van der Waals surface area (Å²) in [7, 11) is 5.77. The van der Waals surface area contributed by atoms with Crippen molar-refractivity contribution in [3.63, 3.8) is 0 Å². The molecule has 1 heterocycles. The number of aromatic nitrogens is 1. The number of nitrogens with one attached hydrogen (secondary N) is 2. The molecule has 0 bridgehead atoms. The Morgan fingerprint density at radius 3 is 2.53 bits per heavy atom.